The Morgan fingerprint density at radius 2 is 2.15 bits per heavy atom. The largest absolute Gasteiger partial charge is 0.487 e. The molecule has 5 rings (SSSR count). The molecule has 1 aromatic carbocycles. The number of carboxylic acid groups (broad SMARTS) is 1. The fraction of sp³-hybridized carbons (Fsp3) is 0.591. The van der Waals surface area contributed by atoms with Gasteiger partial charge in [-0.25, -0.2) is 9.18 Å². The lowest BCUT2D eigenvalue weighted by Crippen LogP contribution is -2.52. The number of likely N-dealkylation sites (tertiary alicyclic amines) is 1. The van der Waals surface area contributed by atoms with E-state index in [0.29, 0.717) is 48.4 Å². The summed E-state index contributed by atoms with van der Waals surface area (Å²) in [7, 11) is 1.86. The minimum absolute atomic E-state index is 0.0958. The third kappa shape index (κ3) is 4.75. The fourth-order valence-corrected chi connectivity index (χ4v) is 5.26. The first-order valence-electron chi connectivity index (χ1n) is 11.3. The second kappa shape index (κ2) is 9.60. The van der Waals surface area contributed by atoms with Gasteiger partial charge >= 0.3 is 12.1 Å². The molecule has 34 heavy (non-hydrogen) atoms. The molecule has 1 amide bonds. The topological polar surface area (TPSA) is 100 Å². The highest BCUT2D eigenvalue weighted by molar-refractivity contribution is 9.10. The van der Waals surface area contributed by atoms with Crippen LogP contribution in [0.2, 0.25) is 0 Å². The van der Waals surface area contributed by atoms with Gasteiger partial charge in [-0.3, -0.25) is 9.80 Å². The van der Waals surface area contributed by atoms with Crippen LogP contribution in [0.4, 0.5) is 9.18 Å². The Kier molecular flexibility index (Phi) is 6.71. The van der Waals surface area contributed by atoms with Crippen molar-refractivity contribution in [1.29, 1.82) is 0 Å². The third-order valence-electron chi connectivity index (χ3n) is 6.46. The Bertz CT molecular complexity index is 1090. The Morgan fingerprint density at radius 1 is 1.35 bits per heavy atom. The Morgan fingerprint density at radius 3 is 2.82 bits per heavy atom. The number of benzene rings is 1. The van der Waals surface area contributed by atoms with Crippen molar-refractivity contribution in [1.82, 2.24) is 25.1 Å². The molecule has 2 saturated heterocycles. The van der Waals surface area contributed by atoms with Crippen molar-refractivity contribution < 1.29 is 23.8 Å². The Hall–Kier alpha value is -1.95. The molecular formula is C22H26BrClFN5O4. The first-order chi connectivity index (χ1) is 16.3. The molecule has 9 nitrogen and oxygen atoms in total. The average Bonchev–Trinajstić information content (AvgIpc) is 3.55. The van der Waals surface area contributed by atoms with Crippen LogP contribution in [-0.4, -0.2) is 88.1 Å². The monoisotopic (exact) mass is 557 g/mol. The van der Waals surface area contributed by atoms with Gasteiger partial charge < -0.3 is 19.9 Å². The van der Waals surface area contributed by atoms with Crippen LogP contribution in [0, 0.1) is 0 Å². The number of ether oxygens (including phenoxy) is 2. The van der Waals surface area contributed by atoms with Crippen molar-refractivity contribution in [3.8, 4) is 11.8 Å². The molecule has 1 aliphatic carbocycles. The molecule has 4 atom stereocenters. The number of hydrogen-bond acceptors (Lipinski definition) is 7. The minimum Gasteiger partial charge on any atom is -0.487 e. The van der Waals surface area contributed by atoms with E-state index in [1.165, 1.54) is 4.90 Å². The highest BCUT2D eigenvalue weighted by atomic mass is 79.9. The lowest BCUT2D eigenvalue weighted by molar-refractivity contribution is 0.100. The predicted octanol–water partition coefficient (Wildman–Crippen LogP) is 3.54. The standard InChI is InChI=1S/C22H26BrClFN5O4/c1-29-9-11(25)6-12(29)10-33-21-27-18(16-7-26-8-17(24)30(16)22(31)32)14-4-5-15(23)20(19(14)28-21)34-13-2-3-13/h4-5,11-13,16-17,26H,2-3,6-10H2,1H3,(H,31,32)/t11-,12+,16?,17?/m1/s1. The maximum Gasteiger partial charge on any atom is 0.409 e. The molecule has 184 valence electrons. The van der Waals surface area contributed by atoms with Crippen molar-refractivity contribution in [2.45, 2.75) is 49.1 Å². The van der Waals surface area contributed by atoms with Crippen molar-refractivity contribution in [3.63, 3.8) is 0 Å². The summed E-state index contributed by atoms with van der Waals surface area (Å²) in [6.45, 7) is 1.25. The number of alkyl halides is 2. The molecule has 3 heterocycles. The summed E-state index contributed by atoms with van der Waals surface area (Å²) in [4.78, 5) is 24.5. The van der Waals surface area contributed by atoms with Crippen LogP contribution < -0.4 is 14.8 Å². The number of aromatic nitrogens is 2. The van der Waals surface area contributed by atoms with Crippen molar-refractivity contribution in [2.24, 2.45) is 0 Å². The van der Waals surface area contributed by atoms with Gasteiger partial charge in [0.2, 0.25) is 0 Å². The molecule has 3 fully saturated rings. The van der Waals surface area contributed by atoms with E-state index in [2.05, 4.69) is 31.2 Å². The van der Waals surface area contributed by atoms with Crippen molar-refractivity contribution in [3.05, 3.63) is 22.3 Å². The molecule has 0 radical (unpaired) electrons. The van der Waals surface area contributed by atoms with Gasteiger partial charge in [0, 0.05) is 31.1 Å². The number of nitrogens with one attached hydrogen (secondary N) is 1. The van der Waals surface area contributed by atoms with Gasteiger partial charge in [-0.2, -0.15) is 9.97 Å². The van der Waals surface area contributed by atoms with Crippen LogP contribution in [0.3, 0.4) is 0 Å². The molecule has 0 spiro atoms. The maximum atomic E-state index is 13.8. The molecule has 3 aliphatic rings. The highest BCUT2D eigenvalue weighted by Crippen LogP contribution is 2.41. The van der Waals surface area contributed by atoms with Crippen LogP contribution in [-0.2, 0) is 0 Å². The van der Waals surface area contributed by atoms with Crippen LogP contribution in [0.25, 0.3) is 10.9 Å². The smallest absolute Gasteiger partial charge is 0.409 e. The first kappa shape index (κ1) is 23.8. The second-order valence-electron chi connectivity index (χ2n) is 9.02. The van der Waals surface area contributed by atoms with Gasteiger partial charge in [-0.15, -0.1) is 0 Å². The molecule has 12 heteroatoms. The zero-order valence-electron chi connectivity index (χ0n) is 18.6. The Balaban J connectivity index is 1.57. The van der Waals surface area contributed by atoms with Crippen molar-refractivity contribution in [2.75, 3.05) is 33.3 Å². The quantitative estimate of drug-likeness (QED) is 0.410. The van der Waals surface area contributed by atoms with Gasteiger partial charge in [0.1, 0.15) is 23.8 Å². The van der Waals surface area contributed by atoms with Crippen LogP contribution >= 0.6 is 27.5 Å². The summed E-state index contributed by atoms with van der Waals surface area (Å²) >= 11 is 9.92. The lowest BCUT2D eigenvalue weighted by atomic mass is 10.0. The summed E-state index contributed by atoms with van der Waals surface area (Å²) in [6, 6.07) is 3.04. The number of halogens is 3. The normalized spacial score (nSPS) is 27.8. The van der Waals surface area contributed by atoms with E-state index in [4.69, 9.17) is 21.1 Å². The number of rotatable bonds is 6. The number of carbonyl (C=O) groups is 1. The molecule has 2 aromatic rings. The van der Waals surface area contributed by atoms with E-state index in [0.717, 1.165) is 17.3 Å². The second-order valence-corrected chi connectivity index (χ2v) is 10.4. The molecule has 0 bridgehead atoms. The number of fused-ring (bicyclic) bond motifs is 1. The van der Waals surface area contributed by atoms with E-state index in [9.17, 15) is 14.3 Å². The minimum atomic E-state index is -1.13. The first-order valence-corrected chi connectivity index (χ1v) is 12.5. The van der Waals surface area contributed by atoms with E-state index in [-0.39, 0.29) is 24.8 Å². The number of likely N-dealkylation sites (N-methyl/N-ethyl adjacent to an activating group) is 1. The molecule has 1 saturated carbocycles. The summed E-state index contributed by atoms with van der Waals surface area (Å²) in [5.74, 6) is 0.573. The van der Waals surface area contributed by atoms with Crippen LogP contribution in [0.5, 0.6) is 11.8 Å². The molecule has 2 unspecified atom stereocenters. The summed E-state index contributed by atoms with van der Waals surface area (Å²) in [5.41, 5.74) is 0.264. The van der Waals surface area contributed by atoms with E-state index >= 15 is 0 Å². The summed E-state index contributed by atoms with van der Waals surface area (Å²) in [6.07, 6.45) is 0.419. The molecular weight excluding hydrogens is 533 g/mol. The number of nitrogens with zero attached hydrogens (tertiary/aromatic N) is 4. The lowest BCUT2D eigenvalue weighted by Gasteiger charge is -2.37. The highest BCUT2D eigenvalue weighted by Gasteiger charge is 2.37. The van der Waals surface area contributed by atoms with Gasteiger partial charge in [-0.1, -0.05) is 11.6 Å². The van der Waals surface area contributed by atoms with Gasteiger partial charge in [0.25, 0.3) is 0 Å². The molecule has 1 aromatic heterocycles. The van der Waals surface area contributed by atoms with Gasteiger partial charge in [-0.05, 0) is 54.4 Å². The van der Waals surface area contributed by atoms with Crippen LogP contribution in [0.1, 0.15) is 31.0 Å². The zero-order chi connectivity index (χ0) is 24.0. The van der Waals surface area contributed by atoms with Crippen molar-refractivity contribution >= 4 is 44.5 Å². The van der Waals surface area contributed by atoms with E-state index in [1.54, 1.807) is 0 Å². The predicted molar refractivity (Wildman–Crippen MR) is 127 cm³/mol. The fourth-order valence-electron chi connectivity index (χ4n) is 4.52. The zero-order valence-corrected chi connectivity index (χ0v) is 20.9. The molecule has 2 aliphatic heterocycles. The van der Waals surface area contributed by atoms with E-state index in [1.807, 2.05) is 24.1 Å². The number of piperazine rings is 1. The maximum absolute atomic E-state index is 13.8. The summed E-state index contributed by atoms with van der Waals surface area (Å²) in [5, 5.41) is 13.7. The molecule has 2 N–H and O–H groups in total. The van der Waals surface area contributed by atoms with Gasteiger partial charge in [0.15, 0.2) is 5.75 Å². The van der Waals surface area contributed by atoms with Crippen LogP contribution in [0.15, 0.2) is 16.6 Å². The van der Waals surface area contributed by atoms with Gasteiger partial charge in [0.05, 0.1) is 22.3 Å². The number of hydrogen-bond donors (Lipinski definition) is 2. The summed E-state index contributed by atoms with van der Waals surface area (Å²) < 4.78 is 26.7. The number of amides is 1. The third-order valence-corrected chi connectivity index (χ3v) is 7.45. The average molecular weight is 559 g/mol. The van der Waals surface area contributed by atoms with E-state index < -0.39 is 23.8 Å². The Labute approximate surface area is 209 Å². The SMILES string of the molecule is CN1C[C@H](F)C[C@H]1COc1nc(C2CNCC(Cl)N2C(=O)O)c2ccc(Br)c(OC3CC3)c2n1.